The number of aromatic carboxylic acids is 1. The quantitative estimate of drug-likeness (QED) is 0.876. The lowest BCUT2D eigenvalue weighted by Gasteiger charge is -2.39. The van der Waals surface area contributed by atoms with Crippen LogP contribution in [0.1, 0.15) is 72.8 Å². The van der Waals surface area contributed by atoms with Crippen molar-refractivity contribution in [1.29, 1.82) is 0 Å². The van der Waals surface area contributed by atoms with Gasteiger partial charge < -0.3 is 10.4 Å². The largest absolute Gasteiger partial charge is 0.478 e. The first kappa shape index (κ1) is 18.0. The lowest BCUT2D eigenvalue weighted by molar-refractivity contribution is 0.0696. The summed E-state index contributed by atoms with van der Waals surface area (Å²) < 4.78 is 0. The van der Waals surface area contributed by atoms with E-state index in [4.69, 9.17) is 5.11 Å². The first-order valence-corrected chi connectivity index (χ1v) is 8.63. The van der Waals surface area contributed by atoms with Crippen molar-refractivity contribution in [2.75, 3.05) is 5.32 Å². The number of nitrogens with zero attached hydrogens (tertiary/aromatic N) is 2. The zero-order valence-electron chi connectivity index (χ0n) is 15.5. The molecule has 0 bridgehead atoms. The number of carboxylic acid groups (broad SMARTS) is 1. The Labute approximate surface area is 152 Å². The Hall–Kier alpha value is -2.76. The van der Waals surface area contributed by atoms with Crippen molar-refractivity contribution in [3.05, 3.63) is 53.1 Å². The Morgan fingerprint density at radius 3 is 2.38 bits per heavy atom. The molecule has 1 aliphatic rings. The van der Waals surface area contributed by atoms with Crippen LogP contribution >= 0.6 is 0 Å². The summed E-state index contributed by atoms with van der Waals surface area (Å²) >= 11 is 0. The van der Waals surface area contributed by atoms with Crippen LogP contribution in [-0.2, 0) is 10.8 Å². The Morgan fingerprint density at radius 1 is 1.08 bits per heavy atom. The van der Waals surface area contributed by atoms with Crippen LogP contribution in [0.3, 0.4) is 0 Å². The molecule has 6 nitrogen and oxygen atoms in total. The van der Waals surface area contributed by atoms with E-state index in [1.54, 1.807) is 12.1 Å². The first-order chi connectivity index (χ1) is 12.1. The van der Waals surface area contributed by atoms with Crippen molar-refractivity contribution < 1.29 is 14.7 Å². The lowest BCUT2D eigenvalue weighted by atomic mass is 9.67. The second-order valence-electron chi connectivity index (χ2n) is 8.06. The average Bonchev–Trinajstić information content (AvgIpc) is 2.59. The third kappa shape index (κ3) is 3.31. The van der Waals surface area contributed by atoms with Gasteiger partial charge in [0.05, 0.1) is 23.1 Å². The Balaban J connectivity index is 1.92. The zero-order chi connectivity index (χ0) is 19.1. The molecule has 6 heteroatoms. The highest BCUT2D eigenvalue weighted by molar-refractivity contribution is 6.03. The van der Waals surface area contributed by atoms with E-state index >= 15 is 0 Å². The van der Waals surface area contributed by atoms with Gasteiger partial charge >= 0.3 is 5.97 Å². The van der Waals surface area contributed by atoms with Gasteiger partial charge in [-0.05, 0) is 31.0 Å². The van der Waals surface area contributed by atoms with Crippen LogP contribution in [0.5, 0.6) is 0 Å². The fraction of sp³-hybridized carbons (Fsp3) is 0.400. The smallest absolute Gasteiger partial charge is 0.335 e. The van der Waals surface area contributed by atoms with Gasteiger partial charge in [0.15, 0.2) is 0 Å². The number of hydrogen-bond donors (Lipinski definition) is 2. The van der Waals surface area contributed by atoms with Crippen LogP contribution in [-0.4, -0.2) is 27.0 Å². The van der Waals surface area contributed by atoms with E-state index in [0.717, 1.165) is 24.2 Å². The Morgan fingerprint density at radius 2 is 1.73 bits per heavy atom. The van der Waals surface area contributed by atoms with Gasteiger partial charge in [0, 0.05) is 16.5 Å². The molecular weight excluding hydrogens is 330 g/mol. The van der Waals surface area contributed by atoms with E-state index in [0.29, 0.717) is 5.69 Å². The molecule has 1 amide bonds. The maximum atomic E-state index is 12.6. The van der Waals surface area contributed by atoms with Crippen molar-refractivity contribution in [3.63, 3.8) is 0 Å². The first-order valence-electron chi connectivity index (χ1n) is 8.63. The second kappa shape index (κ2) is 6.20. The fourth-order valence-corrected chi connectivity index (χ4v) is 3.25. The van der Waals surface area contributed by atoms with Gasteiger partial charge in [0.25, 0.3) is 5.91 Å². The number of hydrogen-bond acceptors (Lipinski definition) is 4. The number of carbonyl (C=O) groups is 2. The van der Waals surface area contributed by atoms with Crippen LogP contribution < -0.4 is 5.32 Å². The molecule has 1 aliphatic carbocycles. The fourth-order valence-electron chi connectivity index (χ4n) is 3.25. The highest BCUT2D eigenvalue weighted by Crippen LogP contribution is 2.43. The molecule has 1 aromatic heterocycles. The molecule has 0 fully saturated rings. The van der Waals surface area contributed by atoms with Gasteiger partial charge in [0.1, 0.15) is 5.69 Å². The third-order valence-corrected chi connectivity index (χ3v) is 5.03. The van der Waals surface area contributed by atoms with Crippen LogP contribution in [0.2, 0.25) is 0 Å². The van der Waals surface area contributed by atoms with Gasteiger partial charge in [-0.2, -0.15) is 0 Å². The molecule has 1 heterocycles. The number of anilines is 1. The number of fused-ring (bicyclic) bond motifs is 1. The van der Waals surface area contributed by atoms with Crippen LogP contribution in [0.25, 0.3) is 0 Å². The predicted molar refractivity (Wildman–Crippen MR) is 98.7 cm³/mol. The predicted octanol–water partition coefficient (Wildman–Crippen LogP) is 3.78. The minimum absolute atomic E-state index is 0.0668. The van der Waals surface area contributed by atoms with Gasteiger partial charge in [-0.25, -0.2) is 9.78 Å². The highest BCUT2D eigenvalue weighted by atomic mass is 16.4. The van der Waals surface area contributed by atoms with Crippen LogP contribution in [0.4, 0.5) is 5.69 Å². The summed E-state index contributed by atoms with van der Waals surface area (Å²) in [7, 11) is 0. The number of rotatable bonds is 3. The summed E-state index contributed by atoms with van der Waals surface area (Å²) in [6.45, 7) is 8.53. The molecule has 0 spiro atoms. The molecule has 0 saturated heterocycles. The topological polar surface area (TPSA) is 92.2 Å². The van der Waals surface area contributed by atoms with Gasteiger partial charge in [-0.15, -0.1) is 0 Å². The monoisotopic (exact) mass is 353 g/mol. The summed E-state index contributed by atoms with van der Waals surface area (Å²) in [4.78, 5) is 32.8. The van der Waals surface area contributed by atoms with E-state index in [2.05, 4.69) is 43.0 Å². The molecule has 136 valence electrons. The molecular formula is C20H23N3O3. The Kier molecular flexibility index (Phi) is 4.30. The normalized spacial score (nSPS) is 17.2. The molecule has 1 aromatic carbocycles. The summed E-state index contributed by atoms with van der Waals surface area (Å²) in [5, 5.41) is 11.8. The molecule has 2 N–H and O–H groups in total. The molecule has 0 aliphatic heterocycles. The summed E-state index contributed by atoms with van der Waals surface area (Å²) in [6, 6.07) is 6.12. The molecule has 26 heavy (non-hydrogen) atoms. The van der Waals surface area contributed by atoms with Crippen molar-refractivity contribution in [3.8, 4) is 0 Å². The number of carbonyl (C=O) groups excluding carboxylic acids is 1. The highest BCUT2D eigenvalue weighted by Gasteiger charge is 2.40. The summed E-state index contributed by atoms with van der Waals surface area (Å²) in [6.07, 6.45) is 3.50. The molecule has 2 aromatic rings. The average molecular weight is 353 g/mol. The lowest BCUT2D eigenvalue weighted by Crippen LogP contribution is -2.36. The molecule has 0 radical (unpaired) electrons. The third-order valence-electron chi connectivity index (χ3n) is 5.03. The van der Waals surface area contributed by atoms with Crippen molar-refractivity contribution in [2.45, 2.75) is 51.4 Å². The van der Waals surface area contributed by atoms with E-state index in [9.17, 15) is 9.59 Å². The van der Waals surface area contributed by atoms with Gasteiger partial charge in [-0.1, -0.05) is 33.8 Å². The number of nitrogens with one attached hydrogen (secondary N) is 1. The number of aromatic nitrogens is 2. The number of carboxylic acids is 1. The SMILES string of the molecule is CC1(C)CCC(C)(C)c2nc(C(=O)Nc3cccc(C(=O)O)c3)cnc21. The summed E-state index contributed by atoms with van der Waals surface area (Å²) in [5.41, 5.74) is 2.35. The van der Waals surface area contributed by atoms with Crippen molar-refractivity contribution >= 4 is 17.6 Å². The van der Waals surface area contributed by atoms with E-state index in [-0.39, 0.29) is 22.1 Å². The molecule has 0 unspecified atom stereocenters. The zero-order valence-corrected chi connectivity index (χ0v) is 15.5. The van der Waals surface area contributed by atoms with E-state index in [1.807, 2.05) is 0 Å². The maximum Gasteiger partial charge on any atom is 0.335 e. The van der Waals surface area contributed by atoms with Crippen molar-refractivity contribution in [2.24, 2.45) is 0 Å². The van der Waals surface area contributed by atoms with Gasteiger partial charge in [0.2, 0.25) is 0 Å². The second-order valence-corrected chi connectivity index (χ2v) is 8.06. The minimum atomic E-state index is -1.04. The number of amides is 1. The van der Waals surface area contributed by atoms with E-state index in [1.165, 1.54) is 18.3 Å². The molecule has 3 rings (SSSR count). The van der Waals surface area contributed by atoms with E-state index < -0.39 is 11.9 Å². The van der Waals surface area contributed by atoms with Crippen molar-refractivity contribution in [1.82, 2.24) is 9.97 Å². The molecule has 0 atom stereocenters. The standard InChI is InChI=1S/C20H23N3O3/c1-19(2)8-9-20(3,4)16-15(19)21-11-14(23-16)17(24)22-13-7-5-6-12(10-13)18(25)26/h5-7,10-11H,8-9H2,1-4H3,(H,22,24)(H,25,26). The van der Waals surface area contributed by atoms with Crippen LogP contribution in [0, 0.1) is 0 Å². The summed E-state index contributed by atoms with van der Waals surface area (Å²) in [5.74, 6) is -1.44. The number of benzene rings is 1. The Bertz CT molecular complexity index is 888. The van der Waals surface area contributed by atoms with Crippen LogP contribution in [0.15, 0.2) is 30.5 Å². The van der Waals surface area contributed by atoms with Gasteiger partial charge in [-0.3, -0.25) is 9.78 Å². The maximum absolute atomic E-state index is 12.6. The molecule has 0 saturated carbocycles. The minimum Gasteiger partial charge on any atom is -0.478 e.